The van der Waals surface area contributed by atoms with E-state index in [1.165, 1.54) is 7.11 Å². The number of esters is 1. The maximum absolute atomic E-state index is 11.9. The Morgan fingerprint density at radius 3 is 2.72 bits per heavy atom. The van der Waals surface area contributed by atoms with Crippen LogP contribution >= 0.6 is 0 Å². The van der Waals surface area contributed by atoms with Gasteiger partial charge in [0.25, 0.3) is 0 Å². The summed E-state index contributed by atoms with van der Waals surface area (Å²) in [5.74, 6) is 0.422. The number of carbonyl (C=O) groups excluding carboxylic acids is 2. The SMILES string of the molecule is CCCC(=O)N(CCC(=O)OC)Cc1ccco1. The van der Waals surface area contributed by atoms with E-state index in [2.05, 4.69) is 4.74 Å². The lowest BCUT2D eigenvalue weighted by atomic mass is 10.2. The second-order valence-electron chi connectivity index (χ2n) is 3.97. The minimum atomic E-state index is -0.316. The van der Waals surface area contributed by atoms with Crippen LogP contribution in [-0.4, -0.2) is 30.4 Å². The highest BCUT2D eigenvalue weighted by Crippen LogP contribution is 2.08. The first kappa shape index (κ1) is 14.3. The molecule has 0 saturated carbocycles. The summed E-state index contributed by atoms with van der Waals surface area (Å²) in [4.78, 5) is 24.6. The second kappa shape index (κ2) is 7.53. The van der Waals surface area contributed by atoms with Gasteiger partial charge in [0.1, 0.15) is 5.76 Å². The number of amides is 1. The first-order valence-corrected chi connectivity index (χ1v) is 6.04. The van der Waals surface area contributed by atoms with Crippen molar-refractivity contribution in [1.29, 1.82) is 0 Å². The van der Waals surface area contributed by atoms with Gasteiger partial charge in [0.15, 0.2) is 0 Å². The molecule has 1 heterocycles. The van der Waals surface area contributed by atoms with Crippen LogP contribution in [0.3, 0.4) is 0 Å². The van der Waals surface area contributed by atoms with Crippen LogP contribution in [0.1, 0.15) is 31.9 Å². The number of methoxy groups -OCH3 is 1. The Morgan fingerprint density at radius 2 is 2.17 bits per heavy atom. The summed E-state index contributed by atoms with van der Waals surface area (Å²) in [5.41, 5.74) is 0. The molecule has 1 aromatic rings. The number of rotatable bonds is 7. The van der Waals surface area contributed by atoms with Gasteiger partial charge in [-0.15, -0.1) is 0 Å². The Bertz CT molecular complexity index is 372. The van der Waals surface area contributed by atoms with Crippen LogP contribution in [0.5, 0.6) is 0 Å². The van der Waals surface area contributed by atoms with E-state index in [0.29, 0.717) is 25.3 Å². The van der Waals surface area contributed by atoms with E-state index in [-0.39, 0.29) is 18.3 Å². The topological polar surface area (TPSA) is 59.8 Å². The van der Waals surface area contributed by atoms with E-state index < -0.39 is 0 Å². The van der Waals surface area contributed by atoms with Gasteiger partial charge >= 0.3 is 5.97 Å². The van der Waals surface area contributed by atoms with Crippen molar-refractivity contribution in [3.63, 3.8) is 0 Å². The van der Waals surface area contributed by atoms with Crippen LogP contribution < -0.4 is 0 Å². The molecule has 0 aromatic carbocycles. The summed E-state index contributed by atoms with van der Waals surface area (Å²) in [7, 11) is 1.34. The van der Waals surface area contributed by atoms with Crippen molar-refractivity contribution in [2.75, 3.05) is 13.7 Å². The largest absolute Gasteiger partial charge is 0.469 e. The van der Waals surface area contributed by atoms with Gasteiger partial charge in [-0.1, -0.05) is 6.92 Å². The van der Waals surface area contributed by atoms with Gasteiger partial charge in [0.2, 0.25) is 5.91 Å². The quantitative estimate of drug-likeness (QED) is 0.697. The molecule has 0 aliphatic carbocycles. The average molecular weight is 253 g/mol. The molecule has 0 N–H and O–H groups in total. The molecule has 0 fully saturated rings. The van der Waals surface area contributed by atoms with Crippen molar-refractivity contribution in [3.05, 3.63) is 24.2 Å². The molecule has 5 nitrogen and oxygen atoms in total. The molecule has 1 amide bonds. The van der Waals surface area contributed by atoms with E-state index in [9.17, 15) is 9.59 Å². The van der Waals surface area contributed by atoms with E-state index in [4.69, 9.17) is 4.42 Å². The van der Waals surface area contributed by atoms with Crippen molar-refractivity contribution in [2.45, 2.75) is 32.7 Å². The zero-order chi connectivity index (χ0) is 13.4. The molecular weight excluding hydrogens is 234 g/mol. The van der Waals surface area contributed by atoms with Crippen LogP contribution in [0, 0.1) is 0 Å². The normalized spacial score (nSPS) is 10.1. The second-order valence-corrected chi connectivity index (χ2v) is 3.97. The minimum absolute atomic E-state index is 0.0257. The van der Waals surface area contributed by atoms with Gasteiger partial charge in [-0.25, -0.2) is 0 Å². The van der Waals surface area contributed by atoms with E-state index in [1.807, 2.05) is 13.0 Å². The van der Waals surface area contributed by atoms with Gasteiger partial charge in [0.05, 0.1) is 26.3 Å². The molecule has 0 spiro atoms. The fourth-order valence-corrected chi connectivity index (χ4v) is 1.58. The summed E-state index contributed by atoms with van der Waals surface area (Å²) in [6.45, 7) is 2.69. The van der Waals surface area contributed by atoms with Crippen molar-refractivity contribution >= 4 is 11.9 Å². The van der Waals surface area contributed by atoms with Gasteiger partial charge < -0.3 is 14.1 Å². The maximum Gasteiger partial charge on any atom is 0.307 e. The van der Waals surface area contributed by atoms with Crippen LogP contribution in [0.4, 0.5) is 0 Å². The van der Waals surface area contributed by atoms with Gasteiger partial charge in [-0.3, -0.25) is 9.59 Å². The summed E-state index contributed by atoms with van der Waals surface area (Å²) in [6, 6.07) is 3.59. The van der Waals surface area contributed by atoms with Gasteiger partial charge in [-0.05, 0) is 18.6 Å². The van der Waals surface area contributed by atoms with E-state index in [1.54, 1.807) is 17.2 Å². The fraction of sp³-hybridized carbons (Fsp3) is 0.538. The van der Waals surface area contributed by atoms with Crippen LogP contribution in [0.15, 0.2) is 22.8 Å². The highest BCUT2D eigenvalue weighted by Gasteiger charge is 2.15. The summed E-state index contributed by atoms with van der Waals surface area (Å²) in [6.07, 6.45) is 3.03. The van der Waals surface area contributed by atoms with E-state index >= 15 is 0 Å². The Hall–Kier alpha value is -1.78. The van der Waals surface area contributed by atoms with Crippen LogP contribution in [0.25, 0.3) is 0 Å². The molecule has 18 heavy (non-hydrogen) atoms. The van der Waals surface area contributed by atoms with Crippen molar-refractivity contribution in [3.8, 4) is 0 Å². The molecule has 0 aliphatic heterocycles. The Kier molecular flexibility index (Phi) is 5.97. The Labute approximate surface area is 107 Å². The Balaban J connectivity index is 2.57. The first-order chi connectivity index (χ1) is 8.67. The van der Waals surface area contributed by atoms with Crippen LogP contribution in [-0.2, 0) is 20.9 Å². The summed E-state index contributed by atoms with van der Waals surface area (Å²) < 4.78 is 9.79. The molecule has 1 aromatic heterocycles. The standard InChI is InChI=1S/C13H19NO4/c1-3-5-12(15)14(8-7-13(16)17-2)10-11-6-4-9-18-11/h4,6,9H,3,5,7-8,10H2,1-2H3. The third kappa shape index (κ3) is 4.61. The van der Waals surface area contributed by atoms with Crippen molar-refractivity contribution in [1.82, 2.24) is 4.90 Å². The summed E-state index contributed by atoms with van der Waals surface area (Å²) >= 11 is 0. The first-order valence-electron chi connectivity index (χ1n) is 6.04. The average Bonchev–Trinajstić information content (AvgIpc) is 2.87. The molecule has 1 rings (SSSR count). The number of hydrogen-bond acceptors (Lipinski definition) is 4. The smallest absolute Gasteiger partial charge is 0.307 e. The number of furan rings is 1. The molecule has 5 heteroatoms. The lowest BCUT2D eigenvalue weighted by Crippen LogP contribution is -2.32. The molecule has 0 saturated heterocycles. The molecule has 100 valence electrons. The van der Waals surface area contributed by atoms with Gasteiger partial charge in [-0.2, -0.15) is 0 Å². The third-order valence-electron chi connectivity index (χ3n) is 2.56. The highest BCUT2D eigenvalue weighted by molar-refractivity contribution is 5.77. The molecule has 0 radical (unpaired) electrons. The number of ether oxygens (including phenoxy) is 1. The lowest BCUT2D eigenvalue weighted by Gasteiger charge is -2.20. The zero-order valence-corrected chi connectivity index (χ0v) is 10.8. The number of nitrogens with zero attached hydrogens (tertiary/aromatic N) is 1. The highest BCUT2D eigenvalue weighted by atomic mass is 16.5. The minimum Gasteiger partial charge on any atom is -0.469 e. The van der Waals surface area contributed by atoms with Crippen molar-refractivity contribution < 1.29 is 18.7 Å². The number of hydrogen-bond donors (Lipinski definition) is 0. The van der Waals surface area contributed by atoms with Crippen LogP contribution in [0.2, 0.25) is 0 Å². The predicted octanol–water partition coefficient (Wildman–Crippen LogP) is 1.97. The zero-order valence-electron chi connectivity index (χ0n) is 10.8. The van der Waals surface area contributed by atoms with Gasteiger partial charge in [0, 0.05) is 13.0 Å². The molecule has 0 aliphatic rings. The monoisotopic (exact) mass is 253 g/mol. The fourth-order valence-electron chi connectivity index (χ4n) is 1.58. The van der Waals surface area contributed by atoms with E-state index in [0.717, 1.165) is 6.42 Å². The Morgan fingerprint density at radius 1 is 1.39 bits per heavy atom. The number of carbonyl (C=O) groups is 2. The molecule has 0 bridgehead atoms. The lowest BCUT2D eigenvalue weighted by molar-refractivity contribution is -0.142. The molecule has 0 unspecified atom stereocenters. The predicted molar refractivity (Wildman–Crippen MR) is 65.7 cm³/mol. The molecular formula is C13H19NO4. The maximum atomic E-state index is 11.9. The van der Waals surface area contributed by atoms with Crippen molar-refractivity contribution in [2.24, 2.45) is 0 Å². The molecule has 0 atom stereocenters. The summed E-state index contributed by atoms with van der Waals surface area (Å²) in [5, 5.41) is 0. The third-order valence-corrected chi connectivity index (χ3v) is 2.56.